The molecule has 6 heteroatoms. The summed E-state index contributed by atoms with van der Waals surface area (Å²) in [5.74, 6) is 0.179. The SMILES string of the molecule is Cn1c(N)c(NCC2(C)CC2)c(=O)[nH]c1=O. The standard InChI is InChI=1S/C10H16N4O2/c1-10(3-4-10)5-12-6-7(11)14(2)9(16)13-8(6)15/h12H,3-5,11H2,1-2H3,(H,13,15,16). The smallest absolute Gasteiger partial charge is 0.329 e. The van der Waals surface area contributed by atoms with E-state index < -0.39 is 11.2 Å². The Bertz CT molecular complexity index is 525. The quantitative estimate of drug-likeness (QED) is 0.666. The Morgan fingerprint density at radius 3 is 2.69 bits per heavy atom. The molecule has 0 aromatic carbocycles. The molecule has 0 saturated heterocycles. The highest BCUT2D eigenvalue weighted by Crippen LogP contribution is 2.44. The molecule has 1 heterocycles. The summed E-state index contributed by atoms with van der Waals surface area (Å²) in [5, 5.41) is 3.02. The molecule has 4 N–H and O–H groups in total. The van der Waals surface area contributed by atoms with E-state index in [9.17, 15) is 9.59 Å². The number of H-pyrrole nitrogens is 1. The predicted octanol–water partition coefficient (Wildman–Crippen LogP) is -0.132. The van der Waals surface area contributed by atoms with E-state index in [1.165, 1.54) is 11.6 Å². The first kappa shape index (κ1) is 10.8. The van der Waals surface area contributed by atoms with Crippen LogP contribution in [0, 0.1) is 5.41 Å². The minimum atomic E-state index is -0.495. The largest absolute Gasteiger partial charge is 0.383 e. The van der Waals surface area contributed by atoms with Crippen LogP contribution in [0.15, 0.2) is 9.59 Å². The summed E-state index contributed by atoms with van der Waals surface area (Å²) >= 11 is 0. The zero-order valence-electron chi connectivity index (χ0n) is 9.46. The zero-order valence-corrected chi connectivity index (χ0v) is 9.46. The van der Waals surface area contributed by atoms with Gasteiger partial charge in [0.1, 0.15) is 11.5 Å². The van der Waals surface area contributed by atoms with Gasteiger partial charge in [-0.05, 0) is 18.3 Å². The third-order valence-corrected chi connectivity index (χ3v) is 3.17. The molecule has 0 amide bonds. The Morgan fingerprint density at radius 2 is 2.12 bits per heavy atom. The van der Waals surface area contributed by atoms with Crippen LogP contribution in [0.25, 0.3) is 0 Å². The lowest BCUT2D eigenvalue weighted by atomic mass is 10.1. The van der Waals surface area contributed by atoms with Gasteiger partial charge in [0, 0.05) is 13.6 Å². The second-order valence-corrected chi connectivity index (χ2v) is 4.74. The van der Waals surface area contributed by atoms with Crippen molar-refractivity contribution in [2.24, 2.45) is 12.5 Å². The highest BCUT2D eigenvalue weighted by atomic mass is 16.2. The summed E-state index contributed by atoms with van der Waals surface area (Å²) in [6, 6.07) is 0. The minimum absolute atomic E-state index is 0.179. The van der Waals surface area contributed by atoms with E-state index in [0.717, 1.165) is 12.8 Å². The molecule has 1 aliphatic carbocycles. The summed E-state index contributed by atoms with van der Waals surface area (Å²) in [5.41, 5.74) is 5.32. The molecule has 2 rings (SSSR count). The number of aromatic amines is 1. The number of aromatic nitrogens is 2. The van der Waals surface area contributed by atoms with E-state index in [2.05, 4.69) is 17.2 Å². The molecule has 0 radical (unpaired) electrons. The van der Waals surface area contributed by atoms with Crippen LogP contribution in [-0.4, -0.2) is 16.1 Å². The first-order chi connectivity index (χ1) is 7.43. The fourth-order valence-electron chi connectivity index (χ4n) is 1.50. The van der Waals surface area contributed by atoms with Gasteiger partial charge in [-0.15, -0.1) is 0 Å². The molecule has 0 unspecified atom stereocenters. The Hall–Kier alpha value is -1.72. The molecule has 1 aliphatic rings. The van der Waals surface area contributed by atoms with Crippen LogP contribution in [0.1, 0.15) is 19.8 Å². The van der Waals surface area contributed by atoms with Crippen molar-refractivity contribution < 1.29 is 0 Å². The van der Waals surface area contributed by atoms with Gasteiger partial charge in [0.2, 0.25) is 0 Å². The molecule has 1 aromatic rings. The van der Waals surface area contributed by atoms with Crippen molar-refractivity contribution in [1.82, 2.24) is 9.55 Å². The second kappa shape index (κ2) is 3.40. The summed E-state index contributed by atoms with van der Waals surface area (Å²) in [6.07, 6.45) is 2.31. The van der Waals surface area contributed by atoms with Crippen molar-refractivity contribution >= 4 is 11.5 Å². The maximum absolute atomic E-state index is 11.5. The molecule has 1 aromatic heterocycles. The monoisotopic (exact) mass is 224 g/mol. The molecule has 0 bridgehead atoms. The maximum atomic E-state index is 11.5. The second-order valence-electron chi connectivity index (χ2n) is 4.74. The number of rotatable bonds is 3. The number of nitrogens with two attached hydrogens (primary N) is 1. The van der Waals surface area contributed by atoms with Crippen molar-refractivity contribution in [3.63, 3.8) is 0 Å². The Morgan fingerprint density at radius 1 is 1.50 bits per heavy atom. The summed E-state index contributed by atoms with van der Waals surface area (Å²) < 4.78 is 1.22. The van der Waals surface area contributed by atoms with Crippen LogP contribution in [0.4, 0.5) is 11.5 Å². The third kappa shape index (κ3) is 1.82. The molecule has 0 atom stereocenters. The van der Waals surface area contributed by atoms with Gasteiger partial charge in [0.05, 0.1) is 0 Å². The lowest BCUT2D eigenvalue weighted by molar-refractivity contribution is 0.609. The average molecular weight is 224 g/mol. The van der Waals surface area contributed by atoms with E-state index in [0.29, 0.717) is 6.54 Å². The van der Waals surface area contributed by atoms with Crippen LogP contribution in [0.3, 0.4) is 0 Å². The van der Waals surface area contributed by atoms with Gasteiger partial charge in [0.15, 0.2) is 0 Å². The van der Waals surface area contributed by atoms with Crippen LogP contribution >= 0.6 is 0 Å². The fraction of sp³-hybridized carbons (Fsp3) is 0.600. The van der Waals surface area contributed by atoms with Crippen LogP contribution in [0.2, 0.25) is 0 Å². The average Bonchev–Trinajstić information content (AvgIpc) is 2.93. The van der Waals surface area contributed by atoms with Crippen molar-refractivity contribution in [3.05, 3.63) is 20.8 Å². The van der Waals surface area contributed by atoms with Gasteiger partial charge in [0.25, 0.3) is 5.56 Å². The van der Waals surface area contributed by atoms with E-state index in [1.54, 1.807) is 0 Å². The molecule has 88 valence electrons. The third-order valence-electron chi connectivity index (χ3n) is 3.17. The Balaban J connectivity index is 2.30. The number of nitrogen functional groups attached to an aromatic ring is 1. The van der Waals surface area contributed by atoms with Gasteiger partial charge in [-0.25, -0.2) is 4.79 Å². The van der Waals surface area contributed by atoms with Gasteiger partial charge in [-0.1, -0.05) is 6.92 Å². The molecule has 6 nitrogen and oxygen atoms in total. The fourth-order valence-corrected chi connectivity index (χ4v) is 1.50. The summed E-state index contributed by atoms with van der Waals surface area (Å²) in [7, 11) is 1.53. The Labute approximate surface area is 92.5 Å². The summed E-state index contributed by atoms with van der Waals surface area (Å²) in [4.78, 5) is 25.0. The van der Waals surface area contributed by atoms with E-state index in [-0.39, 0.29) is 16.9 Å². The van der Waals surface area contributed by atoms with Crippen molar-refractivity contribution in [3.8, 4) is 0 Å². The van der Waals surface area contributed by atoms with E-state index in [1.807, 2.05) is 0 Å². The maximum Gasteiger partial charge on any atom is 0.329 e. The zero-order chi connectivity index (χ0) is 11.9. The predicted molar refractivity (Wildman–Crippen MR) is 62.5 cm³/mol. The van der Waals surface area contributed by atoms with Crippen molar-refractivity contribution in [2.75, 3.05) is 17.6 Å². The molecule has 1 saturated carbocycles. The van der Waals surface area contributed by atoms with Gasteiger partial charge in [-0.2, -0.15) is 0 Å². The van der Waals surface area contributed by atoms with Gasteiger partial charge in [-0.3, -0.25) is 14.3 Å². The van der Waals surface area contributed by atoms with Crippen LogP contribution < -0.4 is 22.3 Å². The topological polar surface area (TPSA) is 92.9 Å². The first-order valence-electron chi connectivity index (χ1n) is 5.26. The highest BCUT2D eigenvalue weighted by Gasteiger charge is 2.37. The normalized spacial score (nSPS) is 17.1. The number of anilines is 2. The van der Waals surface area contributed by atoms with E-state index in [4.69, 9.17) is 5.73 Å². The summed E-state index contributed by atoms with van der Waals surface area (Å²) in [6.45, 7) is 2.85. The lowest BCUT2D eigenvalue weighted by Crippen LogP contribution is -2.33. The van der Waals surface area contributed by atoms with Crippen molar-refractivity contribution in [2.45, 2.75) is 19.8 Å². The number of nitrogens with one attached hydrogen (secondary N) is 2. The number of hydrogen-bond donors (Lipinski definition) is 3. The molecular formula is C10H16N4O2. The van der Waals surface area contributed by atoms with Crippen LogP contribution in [0.5, 0.6) is 0 Å². The molecule has 16 heavy (non-hydrogen) atoms. The lowest BCUT2D eigenvalue weighted by Gasteiger charge is -2.13. The molecular weight excluding hydrogens is 208 g/mol. The highest BCUT2D eigenvalue weighted by molar-refractivity contribution is 5.60. The molecule has 1 fully saturated rings. The minimum Gasteiger partial charge on any atom is -0.383 e. The first-order valence-corrected chi connectivity index (χ1v) is 5.26. The molecule has 0 aliphatic heterocycles. The Kier molecular flexibility index (Phi) is 2.29. The van der Waals surface area contributed by atoms with Crippen LogP contribution in [-0.2, 0) is 7.05 Å². The van der Waals surface area contributed by atoms with Gasteiger partial charge < -0.3 is 11.1 Å². The number of nitrogens with zero attached hydrogens (tertiary/aromatic N) is 1. The van der Waals surface area contributed by atoms with Crippen molar-refractivity contribution in [1.29, 1.82) is 0 Å². The number of hydrogen-bond acceptors (Lipinski definition) is 4. The molecule has 0 spiro atoms. The van der Waals surface area contributed by atoms with Gasteiger partial charge >= 0.3 is 5.69 Å². The van der Waals surface area contributed by atoms with E-state index >= 15 is 0 Å².